The molecule has 4 rings (SSSR count). The summed E-state index contributed by atoms with van der Waals surface area (Å²) in [6.45, 7) is 5.21. The van der Waals surface area contributed by atoms with Gasteiger partial charge < -0.3 is 19.9 Å². The Balaban J connectivity index is 1.62. The van der Waals surface area contributed by atoms with Gasteiger partial charge in [-0.1, -0.05) is 18.2 Å². The number of ether oxygens (including phenoxy) is 1. The number of nitro benzene ring substituents is 1. The number of alkyl halides is 3. The van der Waals surface area contributed by atoms with E-state index in [1.54, 1.807) is 32.5 Å². The zero-order valence-electron chi connectivity index (χ0n) is 27.6. The number of hydrogen-bond acceptors (Lipinski definition) is 11. The van der Waals surface area contributed by atoms with Gasteiger partial charge in [-0.25, -0.2) is 23.2 Å². The molecule has 1 amide bonds. The molecule has 0 saturated heterocycles. The van der Waals surface area contributed by atoms with Crippen molar-refractivity contribution in [1.29, 1.82) is 0 Å². The van der Waals surface area contributed by atoms with Crippen molar-refractivity contribution in [2.24, 2.45) is 0 Å². The lowest BCUT2D eigenvalue weighted by atomic mass is 10.1. The van der Waals surface area contributed by atoms with Crippen molar-refractivity contribution in [2.75, 3.05) is 43.0 Å². The molecule has 1 unspecified atom stereocenters. The van der Waals surface area contributed by atoms with Gasteiger partial charge in [0.25, 0.3) is 15.7 Å². The second-order valence-electron chi connectivity index (χ2n) is 12.6. The van der Waals surface area contributed by atoms with Crippen molar-refractivity contribution in [2.45, 2.75) is 67.8 Å². The molecule has 2 N–H and O–H groups in total. The second-order valence-corrected chi connectivity index (χ2v) is 15.3. The van der Waals surface area contributed by atoms with E-state index >= 15 is 0 Å². The molecular weight excluding hydrogens is 688 g/mol. The van der Waals surface area contributed by atoms with Gasteiger partial charge in [-0.2, -0.15) is 13.2 Å². The minimum atomic E-state index is -5.04. The van der Waals surface area contributed by atoms with E-state index in [2.05, 4.69) is 20.0 Å². The first kappa shape index (κ1) is 37.7. The van der Waals surface area contributed by atoms with E-state index in [9.17, 15) is 36.5 Å². The quantitative estimate of drug-likeness (QED) is 0.128. The summed E-state index contributed by atoms with van der Waals surface area (Å²) < 4.78 is 75.9. The number of hydrogen-bond donors (Lipinski definition) is 2. The second kappa shape index (κ2) is 15.2. The first-order valence-corrected chi connectivity index (χ1v) is 17.6. The molecule has 49 heavy (non-hydrogen) atoms. The number of anilines is 2. The van der Waals surface area contributed by atoms with E-state index in [1.807, 2.05) is 49.3 Å². The highest BCUT2D eigenvalue weighted by Gasteiger charge is 2.39. The molecule has 2 heterocycles. The van der Waals surface area contributed by atoms with Crippen LogP contribution in [0.25, 0.3) is 0 Å². The van der Waals surface area contributed by atoms with Crippen LogP contribution in [0.5, 0.6) is 0 Å². The lowest BCUT2D eigenvalue weighted by Gasteiger charge is -2.31. The van der Waals surface area contributed by atoms with Crippen LogP contribution in [0.1, 0.15) is 44.3 Å². The number of nitro groups is 1. The third-order valence-electron chi connectivity index (χ3n) is 7.16. The van der Waals surface area contributed by atoms with Crippen LogP contribution in [-0.4, -0.2) is 83.8 Å². The van der Waals surface area contributed by atoms with E-state index in [1.165, 1.54) is 6.07 Å². The van der Waals surface area contributed by atoms with Crippen molar-refractivity contribution in [3.05, 3.63) is 75.7 Å². The zero-order chi connectivity index (χ0) is 36.1. The number of fused-ring (bicyclic) bond motifs is 1. The maximum atomic E-state index is 13.8. The Labute approximate surface area is 286 Å². The largest absolute Gasteiger partial charge is 0.451 e. The Bertz CT molecular complexity index is 1770. The maximum absolute atomic E-state index is 13.8. The number of nitrogens with zero attached hydrogens (tertiary/aromatic N) is 5. The average Bonchev–Trinajstić information content (AvgIpc) is 3.01. The Morgan fingerprint density at radius 1 is 1.14 bits per heavy atom. The number of benzene rings is 2. The van der Waals surface area contributed by atoms with Crippen LogP contribution in [0.15, 0.2) is 58.3 Å². The van der Waals surface area contributed by atoms with Gasteiger partial charge in [0.15, 0.2) is 0 Å². The predicted molar refractivity (Wildman–Crippen MR) is 179 cm³/mol. The number of carbonyl (C=O) groups is 1. The van der Waals surface area contributed by atoms with Gasteiger partial charge in [-0.15, -0.1) is 11.8 Å². The molecule has 1 atom stereocenters. The van der Waals surface area contributed by atoms with Crippen LogP contribution in [0, 0.1) is 10.1 Å². The molecule has 1 aliphatic rings. The van der Waals surface area contributed by atoms with Crippen molar-refractivity contribution >= 4 is 45.1 Å². The third-order valence-corrected chi connectivity index (χ3v) is 9.67. The molecule has 0 radical (unpaired) electrons. The standard InChI is InChI=1S/C31H38F3N7O6S2/c1-30(2,3)47-29(42)40-16-14-23-25(18-40)36-28(31(32,33)34)37-27(23)38-49(45,46)22-11-12-24(26(17-22)41(43)44)35-20(13-15-39(4)5)19-48-21-9-7-6-8-10-21/h6-12,17,20,35H,13-16,18-19H2,1-5H3,(H,36,37,38). The topological polar surface area (TPSA) is 160 Å². The highest BCUT2D eigenvalue weighted by Crippen LogP contribution is 2.34. The minimum absolute atomic E-state index is 0.00521. The molecule has 0 aliphatic carbocycles. The van der Waals surface area contributed by atoms with Crippen LogP contribution in [-0.2, 0) is 33.9 Å². The van der Waals surface area contributed by atoms with E-state index in [4.69, 9.17) is 4.74 Å². The summed E-state index contributed by atoms with van der Waals surface area (Å²) in [7, 11) is -0.882. The Morgan fingerprint density at radius 2 is 1.84 bits per heavy atom. The predicted octanol–water partition coefficient (Wildman–Crippen LogP) is 6.02. The summed E-state index contributed by atoms with van der Waals surface area (Å²) >= 11 is 1.56. The van der Waals surface area contributed by atoms with Crippen molar-refractivity contribution in [3.63, 3.8) is 0 Å². The number of rotatable bonds is 12. The molecule has 18 heteroatoms. The number of thioether (sulfide) groups is 1. The van der Waals surface area contributed by atoms with Crippen LogP contribution in [0.3, 0.4) is 0 Å². The lowest BCUT2D eigenvalue weighted by molar-refractivity contribution is -0.384. The number of carbonyl (C=O) groups excluding carboxylic acids is 1. The monoisotopic (exact) mass is 725 g/mol. The van der Waals surface area contributed by atoms with Crippen LogP contribution in [0.4, 0.5) is 35.2 Å². The number of halogens is 3. The normalized spacial score (nSPS) is 14.3. The summed E-state index contributed by atoms with van der Waals surface area (Å²) in [4.78, 5) is 34.7. The molecule has 0 saturated carbocycles. The molecule has 1 aliphatic heterocycles. The van der Waals surface area contributed by atoms with E-state index in [0.717, 1.165) is 21.9 Å². The van der Waals surface area contributed by atoms with E-state index in [0.29, 0.717) is 18.7 Å². The summed E-state index contributed by atoms with van der Waals surface area (Å²) in [5.41, 5.74) is -1.45. The van der Waals surface area contributed by atoms with Gasteiger partial charge in [0.2, 0.25) is 5.82 Å². The smallest absolute Gasteiger partial charge is 0.444 e. The van der Waals surface area contributed by atoms with Gasteiger partial charge >= 0.3 is 12.3 Å². The molecule has 0 fully saturated rings. The van der Waals surface area contributed by atoms with Crippen molar-refractivity contribution < 1.29 is 36.0 Å². The summed E-state index contributed by atoms with van der Waals surface area (Å²) in [5.74, 6) is -1.69. The van der Waals surface area contributed by atoms with Crippen LogP contribution in [0.2, 0.25) is 0 Å². The lowest BCUT2D eigenvalue weighted by Crippen LogP contribution is -2.41. The molecule has 3 aromatic rings. The number of sulfonamides is 1. The van der Waals surface area contributed by atoms with E-state index < -0.39 is 55.0 Å². The summed E-state index contributed by atoms with van der Waals surface area (Å²) in [5, 5.41) is 15.3. The zero-order valence-corrected chi connectivity index (χ0v) is 29.2. The fourth-order valence-corrected chi connectivity index (χ4v) is 6.85. The van der Waals surface area contributed by atoms with Gasteiger partial charge in [-0.05, 0) is 78.5 Å². The Hall–Kier alpha value is -4.16. The SMILES string of the molecule is CN(C)CCC(CSc1ccccc1)Nc1ccc(S(=O)(=O)Nc2nc(C(F)(F)F)nc3c2CCN(C(=O)OC(C)(C)C)C3)cc1[N+](=O)[O-]. The summed E-state index contributed by atoms with van der Waals surface area (Å²) in [6, 6.07) is 12.6. The first-order chi connectivity index (χ1) is 22.8. The average molecular weight is 726 g/mol. The first-order valence-electron chi connectivity index (χ1n) is 15.2. The highest BCUT2D eigenvalue weighted by molar-refractivity contribution is 7.99. The number of amides is 1. The molecule has 0 bridgehead atoms. The summed E-state index contributed by atoms with van der Waals surface area (Å²) in [6.07, 6.45) is -5.27. The van der Waals surface area contributed by atoms with Crippen LogP contribution < -0.4 is 10.0 Å². The van der Waals surface area contributed by atoms with Gasteiger partial charge in [-0.3, -0.25) is 14.8 Å². The molecule has 13 nitrogen and oxygen atoms in total. The number of aromatic nitrogens is 2. The van der Waals surface area contributed by atoms with Gasteiger partial charge in [0, 0.05) is 34.9 Å². The Kier molecular flexibility index (Phi) is 11.7. The molecule has 266 valence electrons. The molecule has 1 aromatic heterocycles. The maximum Gasteiger partial charge on any atom is 0.451 e. The van der Waals surface area contributed by atoms with Gasteiger partial charge in [0.05, 0.1) is 22.1 Å². The van der Waals surface area contributed by atoms with Crippen molar-refractivity contribution in [3.8, 4) is 0 Å². The molecule has 0 spiro atoms. The van der Waals surface area contributed by atoms with Crippen molar-refractivity contribution in [1.82, 2.24) is 19.8 Å². The fraction of sp³-hybridized carbons (Fsp3) is 0.452. The van der Waals surface area contributed by atoms with Crippen LogP contribution >= 0.6 is 11.8 Å². The number of nitrogens with one attached hydrogen (secondary N) is 2. The van der Waals surface area contributed by atoms with E-state index in [-0.39, 0.29) is 42.5 Å². The molecular formula is C31H38F3N7O6S2. The third kappa shape index (κ3) is 10.4. The minimum Gasteiger partial charge on any atom is -0.444 e. The molecule has 2 aromatic carbocycles. The Morgan fingerprint density at radius 3 is 2.45 bits per heavy atom. The fourth-order valence-electron chi connectivity index (χ4n) is 4.81. The van der Waals surface area contributed by atoms with Gasteiger partial charge in [0.1, 0.15) is 17.1 Å². The highest BCUT2D eigenvalue weighted by atomic mass is 32.2.